The highest BCUT2D eigenvalue weighted by atomic mass is 79.9. The van der Waals surface area contributed by atoms with Crippen LogP contribution in [0.25, 0.3) is 0 Å². The van der Waals surface area contributed by atoms with Crippen molar-refractivity contribution in [3.8, 4) is 5.75 Å². The number of amides is 1. The molecule has 21 heavy (non-hydrogen) atoms. The Morgan fingerprint density at radius 2 is 2.00 bits per heavy atom. The summed E-state index contributed by atoms with van der Waals surface area (Å²) in [6.45, 7) is 1.58. The second-order valence-corrected chi connectivity index (χ2v) is 6.16. The number of rotatable bonds is 4. The minimum Gasteiger partial charge on any atom is -0.483 e. The minimum absolute atomic E-state index is 0.143. The second-order valence-electron chi connectivity index (χ2n) is 4.39. The number of aryl methyl sites for hydroxylation is 1. The highest BCUT2D eigenvalue weighted by Gasteiger charge is 2.09. The van der Waals surface area contributed by atoms with Crippen LogP contribution >= 0.6 is 31.9 Å². The van der Waals surface area contributed by atoms with Crippen molar-refractivity contribution in [1.29, 1.82) is 0 Å². The van der Waals surface area contributed by atoms with Crippen molar-refractivity contribution < 1.29 is 13.9 Å². The zero-order valence-corrected chi connectivity index (χ0v) is 14.3. The molecule has 0 atom stereocenters. The fourth-order valence-electron chi connectivity index (χ4n) is 1.64. The zero-order chi connectivity index (χ0) is 15.4. The molecular weight excluding hydrogens is 405 g/mol. The summed E-state index contributed by atoms with van der Waals surface area (Å²) in [6, 6.07) is 9.96. The Balaban J connectivity index is 1.96. The Labute approximate surface area is 138 Å². The van der Waals surface area contributed by atoms with Crippen molar-refractivity contribution in [2.75, 3.05) is 11.9 Å². The first-order valence-corrected chi connectivity index (χ1v) is 7.68. The van der Waals surface area contributed by atoms with Crippen LogP contribution < -0.4 is 10.1 Å². The van der Waals surface area contributed by atoms with Gasteiger partial charge in [-0.1, -0.05) is 22.0 Å². The van der Waals surface area contributed by atoms with Gasteiger partial charge in [0.05, 0.1) is 10.2 Å². The van der Waals surface area contributed by atoms with E-state index in [1.807, 2.05) is 6.07 Å². The number of ether oxygens (including phenoxy) is 1. The van der Waals surface area contributed by atoms with Crippen LogP contribution in [0.1, 0.15) is 5.56 Å². The number of hydrogen-bond acceptors (Lipinski definition) is 2. The van der Waals surface area contributed by atoms with E-state index in [1.54, 1.807) is 25.1 Å². The number of hydrogen-bond donors (Lipinski definition) is 1. The lowest BCUT2D eigenvalue weighted by Crippen LogP contribution is -2.20. The maximum absolute atomic E-state index is 13.6. The van der Waals surface area contributed by atoms with Crippen molar-refractivity contribution in [2.24, 2.45) is 0 Å². The normalized spacial score (nSPS) is 10.3. The molecule has 0 fully saturated rings. The van der Waals surface area contributed by atoms with Crippen molar-refractivity contribution >= 4 is 43.5 Å². The number of anilines is 1. The summed E-state index contributed by atoms with van der Waals surface area (Å²) < 4.78 is 20.6. The van der Waals surface area contributed by atoms with Gasteiger partial charge in [-0.25, -0.2) is 4.39 Å². The van der Waals surface area contributed by atoms with Gasteiger partial charge in [0.15, 0.2) is 6.61 Å². The minimum atomic E-state index is -0.465. The molecule has 2 aromatic rings. The summed E-state index contributed by atoms with van der Waals surface area (Å²) in [7, 11) is 0. The molecule has 0 unspecified atom stereocenters. The zero-order valence-electron chi connectivity index (χ0n) is 11.1. The molecular formula is C15H12Br2FNO2. The lowest BCUT2D eigenvalue weighted by molar-refractivity contribution is -0.118. The monoisotopic (exact) mass is 415 g/mol. The lowest BCUT2D eigenvalue weighted by atomic mass is 10.2. The van der Waals surface area contributed by atoms with Crippen molar-refractivity contribution in [1.82, 2.24) is 0 Å². The Morgan fingerprint density at radius 1 is 1.24 bits per heavy atom. The molecule has 0 aliphatic rings. The van der Waals surface area contributed by atoms with Gasteiger partial charge in [-0.05, 0) is 58.7 Å². The van der Waals surface area contributed by atoms with Gasteiger partial charge in [-0.2, -0.15) is 0 Å². The number of nitrogens with one attached hydrogen (secondary N) is 1. The van der Waals surface area contributed by atoms with Gasteiger partial charge in [0.25, 0.3) is 5.91 Å². The molecule has 0 saturated heterocycles. The molecule has 2 aromatic carbocycles. The SMILES string of the molecule is Cc1ccc(NC(=O)COc2ccc(Br)cc2Br)c(F)c1. The molecule has 0 aliphatic carbocycles. The number of benzene rings is 2. The third-order valence-electron chi connectivity index (χ3n) is 2.65. The molecule has 0 bridgehead atoms. The summed E-state index contributed by atoms with van der Waals surface area (Å²) in [6.07, 6.45) is 0. The van der Waals surface area contributed by atoms with Gasteiger partial charge in [0.2, 0.25) is 0 Å². The molecule has 1 amide bonds. The smallest absolute Gasteiger partial charge is 0.262 e. The van der Waals surface area contributed by atoms with Gasteiger partial charge in [-0.15, -0.1) is 0 Å². The molecule has 2 rings (SSSR count). The molecule has 3 nitrogen and oxygen atoms in total. The van der Waals surface area contributed by atoms with Gasteiger partial charge >= 0.3 is 0 Å². The molecule has 110 valence electrons. The van der Waals surface area contributed by atoms with Crippen molar-refractivity contribution in [3.63, 3.8) is 0 Å². The molecule has 0 aliphatic heterocycles. The van der Waals surface area contributed by atoms with E-state index in [1.165, 1.54) is 12.1 Å². The summed E-state index contributed by atoms with van der Waals surface area (Å²) in [4.78, 5) is 11.8. The molecule has 1 N–H and O–H groups in total. The largest absolute Gasteiger partial charge is 0.483 e. The van der Waals surface area contributed by atoms with Gasteiger partial charge < -0.3 is 10.1 Å². The maximum atomic E-state index is 13.6. The Bertz CT molecular complexity index is 677. The van der Waals surface area contributed by atoms with Crippen LogP contribution in [0.3, 0.4) is 0 Å². The topological polar surface area (TPSA) is 38.3 Å². The average Bonchev–Trinajstić information content (AvgIpc) is 2.41. The second kappa shape index (κ2) is 7.04. The summed E-state index contributed by atoms with van der Waals surface area (Å²) in [5.74, 6) is -0.349. The number of carbonyl (C=O) groups is 1. The highest BCUT2D eigenvalue weighted by Crippen LogP contribution is 2.28. The van der Waals surface area contributed by atoms with E-state index in [0.717, 1.165) is 14.5 Å². The first-order chi connectivity index (χ1) is 9.95. The average molecular weight is 417 g/mol. The number of halogens is 3. The molecule has 6 heteroatoms. The van der Waals surface area contributed by atoms with Crippen LogP contribution in [-0.2, 0) is 4.79 Å². The molecule has 0 spiro atoms. The van der Waals surface area contributed by atoms with Gasteiger partial charge in [0.1, 0.15) is 11.6 Å². The fraction of sp³-hybridized carbons (Fsp3) is 0.133. The third-order valence-corrected chi connectivity index (χ3v) is 3.76. The lowest BCUT2D eigenvalue weighted by Gasteiger charge is -2.10. The highest BCUT2D eigenvalue weighted by molar-refractivity contribution is 9.11. The third kappa shape index (κ3) is 4.54. The molecule has 0 radical (unpaired) electrons. The Kier molecular flexibility index (Phi) is 5.36. The Morgan fingerprint density at radius 3 is 2.67 bits per heavy atom. The van der Waals surface area contributed by atoms with E-state index < -0.39 is 11.7 Å². The van der Waals surface area contributed by atoms with E-state index in [0.29, 0.717) is 5.75 Å². The van der Waals surface area contributed by atoms with Crippen LogP contribution in [0.4, 0.5) is 10.1 Å². The van der Waals surface area contributed by atoms with Crippen LogP contribution in [0.5, 0.6) is 5.75 Å². The standard InChI is InChI=1S/C15H12Br2FNO2/c1-9-2-4-13(12(18)6-9)19-15(20)8-21-14-5-3-10(16)7-11(14)17/h2-7H,8H2,1H3,(H,19,20). The van der Waals surface area contributed by atoms with E-state index in [-0.39, 0.29) is 12.3 Å². The van der Waals surface area contributed by atoms with E-state index in [4.69, 9.17) is 4.74 Å². The predicted molar refractivity (Wildman–Crippen MR) is 87.1 cm³/mol. The predicted octanol–water partition coefficient (Wildman–Crippen LogP) is 4.68. The van der Waals surface area contributed by atoms with Crippen molar-refractivity contribution in [2.45, 2.75) is 6.92 Å². The summed E-state index contributed by atoms with van der Waals surface area (Å²) in [5.41, 5.74) is 0.935. The van der Waals surface area contributed by atoms with Gasteiger partial charge in [-0.3, -0.25) is 4.79 Å². The maximum Gasteiger partial charge on any atom is 0.262 e. The van der Waals surface area contributed by atoms with E-state index in [9.17, 15) is 9.18 Å². The van der Waals surface area contributed by atoms with Crippen LogP contribution in [0, 0.1) is 12.7 Å². The Hall–Kier alpha value is -1.40. The van der Waals surface area contributed by atoms with Gasteiger partial charge in [0, 0.05) is 4.47 Å². The van der Waals surface area contributed by atoms with Crippen LogP contribution in [0.15, 0.2) is 45.3 Å². The molecule has 0 heterocycles. The molecule has 0 saturated carbocycles. The fourth-order valence-corrected chi connectivity index (χ4v) is 2.80. The van der Waals surface area contributed by atoms with E-state index in [2.05, 4.69) is 37.2 Å². The van der Waals surface area contributed by atoms with E-state index >= 15 is 0 Å². The number of carbonyl (C=O) groups excluding carboxylic acids is 1. The van der Waals surface area contributed by atoms with Crippen LogP contribution in [0.2, 0.25) is 0 Å². The first-order valence-electron chi connectivity index (χ1n) is 6.09. The summed E-state index contributed by atoms with van der Waals surface area (Å²) >= 11 is 6.66. The van der Waals surface area contributed by atoms with Crippen molar-refractivity contribution in [3.05, 3.63) is 56.7 Å². The summed E-state index contributed by atoms with van der Waals surface area (Å²) in [5, 5.41) is 2.48. The quantitative estimate of drug-likeness (QED) is 0.785. The van der Waals surface area contributed by atoms with Crippen LogP contribution in [-0.4, -0.2) is 12.5 Å². The molecule has 0 aromatic heterocycles. The first kappa shape index (κ1) is 16.0.